The Morgan fingerprint density at radius 3 is 2.31 bits per heavy atom. The Kier molecular flexibility index (Phi) is 4.20. The third-order valence-corrected chi connectivity index (χ3v) is 4.20. The number of likely N-dealkylation sites (tertiary alicyclic amines) is 1. The summed E-state index contributed by atoms with van der Waals surface area (Å²) in [4.78, 5) is 0.595. The van der Waals surface area contributed by atoms with E-state index in [0.717, 1.165) is 17.6 Å². The van der Waals surface area contributed by atoms with Crippen molar-refractivity contribution in [1.29, 1.82) is 0 Å². The van der Waals surface area contributed by atoms with E-state index in [2.05, 4.69) is 29.1 Å². The van der Waals surface area contributed by atoms with Gasteiger partial charge in [-0.15, -0.1) is 0 Å². The van der Waals surface area contributed by atoms with Crippen LogP contribution >= 0.6 is 15.9 Å². The molecule has 0 N–H and O–H groups in total. The van der Waals surface area contributed by atoms with Gasteiger partial charge in [-0.3, -0.25) is 0 Å². The Morgan fingerprint density at radius 1 is 1.23 bits per heavy atom. The molecule has 1 unspecified atom stereocenters. The highest BCUT2D eigenvalue weighted by Crippen LogP contribution is 2.29. The molecule has 1 aliphatic rings. The molecule has 0 aromatic heterocycles. The molecule has 0 aromatic carbocycles. The third-order valence-electron chi connectivity index (χ3n) is 2.88. The van der Waals surface area contributed by atoms with Gasteiger partial charge in [0.2, 0.25) is 0 Å². The summed E-state index contributed by atoms with van der Waals surface area (Å²) < 4.78 is 1.10. The summed E-state index contributed by atoms with van der Waals surface area (Å²) in [5, 5.41) is 0. The van der Waals surface area contributed by atoms with E-state index in [-0.39, 0.29) is 0 Å². The van der Waals surface area contributed by atoms with Crippen molar-refractivity contribution in [2.75, 3.05) is 19.6 Å². The van der Waals surface area contributed by atoms with Crippen molar-refractivity contribution < 1.29 is 4.48 Å². The van der Waals surface area contributed by atoms with Gasteiger partial charge in [-0.05, 0) is 40.9 Å². The largest absolute Gasteiger partial charge is 0.306 e. The molecular weight excluding hydrogens is 226 g/mol. The van der Waals surface area contributed by atoms with Crippen LogP contribution in [0.2, 0.25) is 0 Å². The minimum absolute atomic E-state index is 0.595. The first-order chi connectivity index (χ1) is 6.25. The minimum Gasteiger partial charge on any atom is -0.306 e. The molecule has 0 aromatic rings. The van der Waals surface area contributed by atoms with Crippen LogP contribution in [0.1, 0.15) is 19.3 Å². The zero-order valence-electron chi connectivity index (χ0n) is 8.21. The van der Waals surface area contributed by atoms with Gasteiger partial charge >= 0.3 is 0 Å². The van der Waals surface area contributed by atoms with E-state index < -0.39 is 0 Å². The van der Waals surface area contributed by atoms with E-state index in [0.29, 0.717) is 4.95 Å². The van der Waals surface area contributed by atoms with Crippen molar-refractivity contribution in [2.24, 2.45) is 0 Å². The molecule has 1 rings (SSSR count). The van der Waals surface area contributed by atoms with Crippen LogP contribution in [0.5, 0.6) is 0 Å². The van der Waals surface area contributed by atoms with E-state index in [4.69, 9.17) is 0 Å². The van der Waals surface area contributed by atoms with Gasteiger partial charge in [-0.25, -0.2) is 0 Å². The second-order valence-corrected chi connectivity index (χ2v) is 4.87. The molecule has 74 valence electrons. The summed E-state index contributed by atoms with van der Waals surface area (Å²) in [6, 6.07) is 0. The fraction of sp³-hybridized carbons (Fsp3) is 0.636. The van der Waals surface area contributed by atoms with E-state index in [1.807, 2.05) is 12.2 Å². The summed E-state index contributed by atoms with van der Waals surface area (Å²) >= 11 is 3.79. The SMILES string of the molecule is C=CC[N+]1(CC=C)CCCCC1Br. The summed E-state index contributed by atoms with van der Waals surface area (Å²) in [5.74, 6) is 0. The van der Waals surface area contributed by atoms with Gasteiger partial charge in [0.05, 0.1) is 19.6 Å². The molecule has 1 nitrogen and oxygen atoms in total. The number of quaternary nitrogens is 1. The van der Waals surface area contributed by atoms with Crippen molar-refractivity contribution in [3.63, 3.8) is 0 Å². The summed E-state index contributed by atoms with van der Waals surface area (Å²) in [7, 11) is 0. The van der Waals surface area contributed by atoms with Crippen molar-refractivity contribution in [1.82, 2.24) is 0 Å². The molecule has 1 heterocycles. The number of alkyl halides is 1. The second-order valence-electron chi connectivity index (χ2n) is 3.81. The van der Waals surface area contributed by atoms with E-state index in [9.17, 15) is 0 Å². The lowest BCUT2D eigenvalue weighted by atomic mass is 10.1. The molecule has 1 fully saturated rings. The molecule has 0 spiro atoms. The molecule has 1 saturated heterocycles. The zero-order valence-corrected chi connectivity index (χ0v) is 9.80. The molecule has 0 aliphatic carbocycles. The minimum atomic E-state index is 0.595. The standard InChI is InChI=1S/C11H19BrN/c1-3-8-13(9-4-2)10-6-5-7-11(13)12/h3-4,11H,1-2,5-10H2/q+1. The Labute approximate surface area is 89.8 Å². The zero-order chi connectivity index (χ0) is 9.73. The first-order valence-electron chi connectivity index (χ1n) is 4.97. The second kappa shape index (κ2) is 4.97. The van der Waals surface area contributed by atoms with E-state index >= 15 is 0 Å². The lowest BCUT2D eigenvalue weighted by molar-refractivity contribution is -0.930. The Balaban J connectivity index is 2.71. The molecule has 2 heteroatoms. The maximum absolute atomic E-state index is 3.85. The number of piperidine rings is 1. The van der Waals surface area contributed by atoms with Crippen LogP contribution in [0.4, 0.5) is 0 Å². The smallest absolute Gasteiger partial charge is 0.144 e. The van der Waals surface area contributed by atoms with Gasteiger partial charge in [0.1, 0.15) is 4.95 Å². The van der Waals surface area contributed by atoms with Crippen LogP contribution in [-0.2, 0) is 0 Å². The van der Waals surface area contributed by atoms with Crippen molar-refractivity contribution in [3.8, 4) is 0 Å². The fourth-order valence-electron chi connectivity index (χ4n) is 2.15. The molecule has 1 atom stereocenters. The predicted octanol–water partition coefficient (Wildman–Crippen LogP) is 3.08. The molecule has 13 heavy (non-hydrogen) atoms. The van der Waals surface area contributed by atoms with E-state index in [1.165, 1.54) is 25.8 Å². The molecule has 0 saturated carbocycles. The average Bonchev–Trinajstić information content (AvgIpc) is 2.11. The lowest BCUT2D eigenvalue weighted by Crippen LogP contribution is -2.55. The number of halogens is 1. The van der Waals surface area contributed by atoms with E-state index in [1.54, 1.807) is 0 Å². The lowest BCUT2D eigenvalue weighted by Gasteiger charge is -2.44. The van der Waals surface area contributed by atoms with Gasteiger partial charge in [0.25, 0.3) is 0 Å². The van der Waals surface area contributed by atoms with Crippen molar-refractivity contribution in [3.05, 3.63) is 25.3 Å². The van der Waals surface area contributed by atoms with Crippen LogP contribution in [-0.4, -0.2) is 29.1 Å². The van der Waals surface area contributed by atoms with Gasteiger partial charge in [-0.2, -0.15) is 0 Å². The first-order valence-corrected chi connectivity index (χ1v) is 5.88. The van der Waals surface area contributed by atoms with Crippen LogP contribution in [0, 0.1) is 0 Å². The van der Waals surface area contributed by atoms with Gasteiger partial charge in [0.15, 0.2) is 0 Å². The van der Waals surface area contributed by atoms with Crippen LogP contribution < -0.4 is 0 Å². The van der Waals surface area contributed by atoms with Crippen LogP contribution in [0.25, 0.3) is 0 Å². The highest BCUT2D eigenvalue weighted by molar-refractivity contribution is 9.09. The monoisotopic (exact) mass is 244 g/mol. The number of rotatable bonds is 4. The fourth-order valence-corrected chi connectivity index (χ4v) is 3.02. The summed E-state index contributed by atoms with van der Waals surface area (Å²) in [6.07, 6.45) is 8.03. The third kappa shape index (κ3) is 2.44. The molecule has 0 bridgehead atoms. The van der Waals surface area contributed by atoms with Crippen molar-refractivity contribution >= 4 is 15.9 Å². The highest BCUT2D eigenvalue weighted by Gasteiger charge is 2.35. The van der Waals surface area contributed by atoms with Crippen molar-refractivity contribution in [2.45, 2.75) is 24.2 Å². The Morgan fingerprint density at radius 2 is 1.85 bits per heavy atom. The summed E-state index contributed by atoms with van der Waals surface area (Å²) in [5.41, 5.74) is 0. The number of hydrogen-bond acceptors (Lipinski definition) is 0. The normalized spacial score (nSPS) is 26.7. The summed E-state index contributed by atoms with van der Waals surface area (Å²) in [6.45, 7) is 11.1. The van der Waals surface area contributed by atoms with Gasteiger partial charge in [-0.1, -0.05) is 13.2 Å². The van der Waals surface area contributed by atoms with Gasteiger partial charge in [0, 0.05) is 6.42 Å². The van der Waals surface area contributed by atoms with Crippen LogP contribution in [0.3, 0.4) is 0 Å². The van der Waals surface area contributed by atoms with Crippen LogP contribution in [0.15, 0.2) is 25.3 Å². The Bertz CT molecular complexity index is 179. The maximum Gasteiger partial charge on any atom is 0.144 e. The van der Waals surface area contributed by atoms with Gasteiger partial charge < -0.3 is 4.48 Å². The predicted molar refractivity (Wildman–Crippen MR) is 61.8 cm³/mol. The quantitative estimate of drug-likeness (QED) is 0.309. The molecule has 0 radical (unpaired) electrons. The molecular formula is C11H19BrN+. The maximum atomic E-state index is 3.85. The molecule has 1 aliphatic heterocycles. The topological polar surface area (TPSA) is 0 Å². The first kappa shape index (κ1) is 11.0. The number of nitrogens with zero attached hydrogens (tertiary/aromatic N) is 1. The Hall–Kier alpha value is -0.0800. The average molecular weight is 245 g/mol. The highest BCUT2D eigenvalue weighted by atomic mass is 79.9. The molecule has 0 amide bonds. The number of hydrogen-bond donors (Lipinski definition) is 0.